The molecule has 1 amide bonds. The second-order valence-corrected chi connectivity index (χ2v) is 3.78. The van der Waals surface area contributed by atoms with Gasteiger partial charge in [-0.3, -0.25) is 5.32 Å². The molecule has 0 fully saturated rings. The average Bonchev–Trinajstić information content (AvgIpc) is 2.37. The molecule has 6 heteroatoms. The molecule has 0 spiro atoms. The lowest BCUT2D eigenvalue weighted by atomic mass is 10.2. The quantitative estimate of drug-likeness (QED) is 0.729. The van der Waals surface area contributed by atoms with Crippen molar-refractivity contribution in [3.63, 3.8) is 0 Å². The highest BCUT2D eigenvalue weighted by Crippen LogP contribution is 2.06. The van der Waals surface area contributed by atoms with Gasteiger partial charge in [0.1, 0.15) is 5.82 Å². The summed E-state index contributed by atoms with van der Waals surface area (Å²) >= 11 is 0. The largest absolute Gasteiger partial charge is 0.450 e. The van der Waals surface area contributed by atoms with E-state index in [4.69, 9.17) is 4.74 Å². The van der Waals surface area contributed by atoms with Crippen LogP contribution in [0.5, 0.6) is 0 Å². The highest BCUT2D eigenvalue weighted by Gasteiger charge is 2.03. The summed E-state index contributed by atoms with van der Waals surface area (Å²) in [7, 11) is 0. The molecule has 0 aliphatic heterocycles. The van der Waals surface area contributed by atoms with E-state index in [0.717, 1.165) is 13.0 Å². The zero-order valence-electron chi connectivity index (χ0n) is 10.9. The van der Waals surface area contributed by atoms with E-state index in [1.165, 1.54) is 12.8 Å². The van der Waals surface area contributed by atoms with Crippen molar-refractivity contribution in [2.24, 2.45) is 0 Å². The van der Waals surface area contributed by atoms with E-state index in [0.29, 0.717) is 18.2 Å². The van der Waals surface area contributed by atoms with Gasteiger partial charge >= 0.3 is 6.09 Å². The van der Waals surface area contributed by atoms with Crippen LogP contribution in [0.15, 0.2) is 12.1 Å². The second kappa shape index (κ2) is 8.27. The van der Waals surface area contributed by atoms with Crippen LogP contribution in [0.4, 0.5) is 16.4 Å². The molecule has 0 atom stereocenters. The van der Waals surface area contributed by atoms with Crippen LogP contribution >= 0.6 is 0 Å². The molecule has 0 bridgehead atoms. The summed E-state index contributed by atoms with van der Waals surface area (Å²) in [5, 5.41) is 13.5. The molecular formula is C12H20N4O2. The van der Waals surface area contributed by atoms with E-state index in [-0.39, 0.29) is 0 Å². The molecule has 1 rings (SSSR count). The van der Waals surface area contributed by atoms with E-state index in [1.807, 2.05) is 0 Å². The minimum absolute atomic E-state index is 0.330. The first-order valence-electron chi connectivity index (χ1n) is 6.27. The fraction of sp³-hybridized carbons (Fsp3) is 0.583. The molecule has 0 aromatic carbocycles. The third-order valence-electron chi connectivity index (χ3n) is 2.26. The molecule has 0 aliphatic carbocycles. The molecule has 0 radical (unpaired) electrons. The summed E-state index contributed by atoms with van der Waals surface area (Å²) in [6.07, 6.45) is 2.98. The maximum Gasteiger partial charge on any atom is 0.412 e. The number of ether oxygens (including phenoxy) is 1. The van der Waals surface area contributed by atoms with E-state index in [1.54, 1.807) is 19.1 Å². The van der Waals surface area contributed by atoms with Crippen LogP contribution in [-0.2, 0) is 4.74 Å². The zero-order valence-corrected chi connectivity index (χ0v) is 10.9. The predicted molar refractivity (Wildman–Crippen MR) is 70.7 cm³/mol. The van der Waals surface area contributed by atoms with E-state index in [2.05, 4.69) is 27.8 Å². The number of carbonyl (C=O) groups excluding carboxylic acids is 1. The number of amides is 1. The zero-order chi connectivity index (χ0) is 13.2. The topological polar surface area (TPSA) is 76.1 Å². The first-order valence-corrected chi connectivity index (χ1v) is 6.27. The number of nitrogens with zero attached hydrogens (tertiary/aromatic N) is 2. The molecule has 0 saturated heterocycles. The highest BCUT2D eigenvalue weighted by atomic mass is 16.5. The van der Waals surface area contributed by atoms with Crippen LogP contribution in [0, 0.1) is 0 Å². The number of carbonyl (C=O) groups is 1. The minimum Gasteiger partial charge on any atom is -0.450 e. The van der Waals surface area contributed by atoms with E-state index in [9.17, 15) is 4.79 Å². The molecule has 1 aromatic rings. The van der Waals surface area contributed by atoms with Crippen LogP contribution in [0.3, 0.4) is 0 Å². The van der Waals surface area contributed by atoms with Crippen molar-refractivity contribution in [3.05, 3.63) is 12.1 Å². The fourth-order valence-electron chi connectivity index (χ4n) is 1.36. The smallest absolute Gasteiger partial charge is 0.412 e. The van der Waals surface area contributed by atoms with Crippen LogP contribution < -0.4 is 10.6 Å². The first-order chi connectivity index (χ1) is 8.76. The van der Waals surface area contributed by atoms with Gasteiger partial charge < -0.3 is 10.1 Å². The van der Waals surface area contributed by atoms with Gasteiger partial charge in [0, 0.05) is 6.54 Å². The van der Waals surface area contributed by atoms with Crippen molar-refractivity contribution >= 4 is 17.7 Å². The Balaban J connectivity index is 2.35. The van der Waals surface area contributed by atoms with E-state index >= 15 is 0 Å². The maximum atomic E-state index is 11.1. The van der Waals surface area contributed by atoms with E-state index < -0.39 is 6.09 Å². The first kappa shape index (κ1) is 14.2. The number of rotatable bonds is 7. The predicted octanol–water partition coefficient (Wildman–Crippen LogP) is 2.65. The Kier molecular flexibility index (Phi) is 6.53. The third-order valence-corrected chi connectivity index (χ3v) is 2.26. The van der Waals surface area contributed by atoms with Crippen molar-refractivity contribution in [1.82, 2.24) is 10.2 Å². The lowest BCUT2D eigenvalue weighted by Gasteiger charge is -2.06. The van der Waals surface area contributed by atoms with Gasteiger partial charge in [0.05, 0.1) is 6.61 Å². The average molecular weight is 252 g/mol. The Hall–Kier alpha value is -1.85. The van der Waals surface area contributed by atoms with Gasteiger partial charge in [-0.05, 0) is 25.5 Å². The molecule has 2 N–H and O–H groups in total. The van der Waals surface area contributed by atoms with Crippen molar-refractivity contribution < 1.29 is 9.53 Å². The Labute approximate surface area is 107 Å². The number of hydrogen-bond donors (Lipinski definition) is 2. The molecule has 6 nitrogen and oxygen atoms in total. The summed E-state index contributed by atoms with van der Waals surface area (Å²) in [6.45, 7) is 5.12. The summed E-state index contributed by atoms with van der Waals surface area (Å²) in [5.41, 5.74) is 0. The second-order valence-electron chi connectivity index (χ2n) is 3.78. The number of aromatic nitrogens is 2. The highest BCUT2D eigenvalue weighted by molar-refractivity contribution is 5.83. The van der Waals surface area contributed by atoms with Gasteiger partial charge in [0.25, 0.3) is 0 Å². The lowest BCUT2D eigenvalue weighted by molar-refractivity contribution is 0.168. The van der Waals surface area contributed by atoms with Gasteiger partial charge in [-0.25, -0.2) is 4.79 Å². The number of nitrogens with one attached hydrogen (secondary N) is 2. The summed E-state index contributed by atoms with van der Waals surface area (Å²) in [6, 6.07) is 3.46. The molecule has 0 aliphatic rings. The van der Waals surface area contributed by atoms with Crippen molar-refractivity contribution in [3.8, 4) is 0 Å². The number of anilines is 2. The lowest BCUT2D eigenvalue weighted by Crippen LogP contribution is -2.15. The molecule has 1 aromatic heterocycles. The Morgan fingerprint density at radius 1 is 1.22 bits per heavy atom. The Bertz CT molecular complexity index is 354. The van der Waals surface area contributed by atoms with Gasteiger partial charge in [-0.1, -0.05) is 19.8 Å². The maximum absolute atomic E-state index is 11.1. The number of unbranched alkanes of at least 4 members (excludes halogenated alkanes) is 2. The standard InChI is InChI=1S/C12H20N4O2/c1-3-5-6-9-13-10-7-8-11(16-15-10)14-12(17)18-4-2/h7-8H,3-6,9H2,1-2H3,(H,13,15)(H,14,16,17). The molecule has 0 unspecified atom stereocenters. The van der Waals surface area contributed by atoms with Crippen LogP contribution in [-0.4, -0.2) is 29.4 Å². The molecular weight excluding hydrogens is 232 g/mol. The van der Waals surface area contributed by atoms with Crippen LogP contribution in [0.1, 0.15) is 33.1 Å². The van der Waals surface area contributed by atoms with Gasteiger partial charge in [0.2, 0.25) is 0 Å². The van der Waals surface area contributed by atoms with Gasteiger partial charge in [-0.2, -0.15) is 0 Å². The molecule has 100 valence electrons. The van der Waals surface area contributed by atoms with Crippen molar-refractivity contribution in [1.29, 1.82) is 0 Å². The van der Waals surface area contributed by atoms with Gasteiger partial charge in [0.15, 0.2) is 5.82 Å². The minimum atomic E-state index is -0.518. The van der Waals surface area contributed by atoms with Crippen LogP contribution in [0.2, 0.25) is 0 Å². The summed E-state index contributed by atoms with van der Waals surface area (Å²) in [4.78, 5) is 11.1. The fourth-order valence-corrected chi connectivity index (χ4v) is 1.36. The monoisotopic (exact) mass is 252 g/mol. The molecule has 0 saturated carbocycles. The Morgan fingerprint density at radius 2 is 1.94 bits per heavy atom. The van der Waals surface area contributed by atoms with Crippen molar-refractivity contribution in [2.75, 3.05) is 23.8 Å². The normalized spacial score (nSPS) is 9.89. The van der Waals surface area contributed by atoms with Crippen molar-refractivity contribution in [2.45, 2.75) is 33.1 Å². The SMILES string of the molecule is CCCCCNc1ccc(NC(=O)OCC)nn1. The summed E-state index contributed by atoms with van der Waals surface area (Å²) in [5.74, 6) is 1.09. The van der Waals surface area contributed by atoms with Gasteiger partial charge in [-0.15, -0.1) is 10.2 Å². The third kappa shape index (κ3) is 5.47. The summed E-state index contributed by atoms with van der Waals surface area (Å²) < 4.78 is 4.73. The van der Waals surface area contributed by atoms with Crippen LogP contribution in [0.25, 0.3) is 0 Å². The number of hydrogen-bond acceptors (Lipinski definition) is 5. The Morgan fingerprint density at radius 3 is 2.56 bits per heavy atom. The molecule has 1 heterocycles. The molecule has 18 heavy (non-hydrogen) atoms.